The number of hydrogen-bond donors (Lipinski definition) is 2. The van der Waals surface area contributed by atoms with Crippen LogP contribution in [0.3, 0.4) is 0 Å². The zero-order valence-corrected chi connectivity index (χ0v) is 10.2. The summed E-state index contributed by atoms with van der Waals surface area (Å²) >= 11 is 5.50. The van der Waals surface area contributed by atoms with Gasteiger partial charge in [0.15, 0.2) is 0 Å². The van der Waals surface area contributed by atoms with E-state index in [0.29, 0.717) is 5.89 Å². The van der Waals surface area contributed by atoms with Crippen LogP contribution in [0.15, 0.2) is 4.42 Å². The van der Waals surface area contributed by atoms with Crippen LogP contribution in [-0.4, -0.2) is 28.2 Å². The van der Waals surface area contributed by atoms with E-state index in [-0.39, 0.29) is 23.8 Å². The Morgan fingerprint density at radius 3 is 2.62 bits per heavy atom. The summed E-state index contributed by atoms with van der Waals surface area (Å²) in [7, 11) is 0. The van der Waals surface area contributed by atoms with E-state index in [1.807, 2.05) is 13.8 Å². The molecule has 1 amide bonds. The van der Waals surface area contributed by atoms with Gasteiger partial charge >= 0.3 is 6.01 Å². The van der Waals surface area contributed by atoms with Gasteiger partial charge in [0, 0.05) is 6.04 Å². The van der Waals surface area contributed by atoms with Crippen LogP contribution in [-0.2, 0) is 10.7 Å². The van der Waals surface area contributed by atoms with Gasteiger partial charge in [0.05, 0.1) is 0 Å². The second-order valence-corrected chi connectivity index (χ2v) is 3.93. The van der Waals surface area contributed by atoms with Gasteiger partial charge in [-0.25, -0.2) is 0 Å². The average molecular weight is 247 g/mol. The van der Waals surface area contributed by atoms with Crippen LogP contribution in [0.5, 0.6) is 0 Å². The standard InChI is InChI=1S/C9H15ClN4O2/c1-5(2)11-8(15)6(3)12-9-14-13-7(4-10)16-9/h5-6H,4H2,1-3H3,(H,11,15)(H,12,14). The van der Waals surface area contributed by atoms with Gasteiger partial charge in [0.1, 0.15) is 11.9 Å². The minimum atomic E-state index is -0.439. The molecular weight excluding hydrogens is 232 g/mol. The molecule has 2 N–H and O–H groups in total. The maximum atomic E-state index is 11.5. The number of amides is 1. The van der Waals surface area contributed by atoms with Gasteiger partial charge in [-0.15, -0.1) is 16.7 Å². The molecule has 0 saturated heterocycles. The first kappa shape index (κ1) is 12.8. The maximum absolute atomic E-state index is 11.5. The number of halogens is 1. The molecule has 1 atom stereocenters. The van der Waals surface area contributed by atoms with E-state index < -0.39 is 6.04 Å². The van der Waals surface area contributed by atoms with Crippen LogP contribution in [0.2, 0.25) is 0 Å². The van der Waals surface area contributed by atoms with E-state index in [1.165, 1.54) is 0 Å². The summed E-state index contributed by atoms with van der Waals surface area (Å²) < 4.78 is 5.11. The normalized spacial score (nSPS) is 12.6. The van der Waals surface area contributed by atoms with Crippen molar-refractivity contribution in [2.45, 2.75) is 38.7 Å². The van der Waals surface area contributed by atoms with Gasteiger partial charge < -0.3 is 15.1 Å². The SMILES string of the molecule is CC(C)NC(=O)C(C)Nc1nnc(CCl)o1. The first-order valence-corrected chi connectivity index (χ1v) is 5.51. The number of anilines is 1. The van der Waals surface area contributed by atoms with Crippen LogP contribution in [0.25, 0.3) is 0 Å². The number of nitrogens with zero attached hydrogens (tertiary/aromatic N) is 2. The highest BCUT2D eigenvalue weighted by Gasteiger charge is 2.16. The van der Waals surface area contributed by atoms with Crippen LogP contribution in [0.1, 0.15) is 26.7 Å². The predicted octanol–water partition coefficient (Wildman–Crippen LogP) is 1.13. The first-order chi connectivity index (χ1) is 7.52. The minimum absolute atomic E-state index is 0.0952. The zero-order valence-electron chi connectivity index (χ0n) is 9.45. The number of carbonyl (C=O) groups is 1. The maximum Gasteiger partial charge on any atom is 0.316 e. The highest BCUT2D eigenvalue weighted by Crippen LogP contribution is 2.08. The van der Waals surface area contributed by atoms with Crippen molar-refractivity contribution in [3.8, 4) is 0 Å². The van der Waals surface area contributed by atoms with Gasteiger partial charge in [-0.3, -0.25) is 4.79 Å². The lowest BCUT2D eigenvalue weighted by atomic mass is 10.3. The van der Waals surface area contributed by atoms with Crippen molar-refractivity contribution in [2.24, 2.45) is 0 Å². The second-order valence-electron chi connectivity index (χ2n) is 3.66. The summed E-state index contributed by atoms with van der Waals surface area (Å²) in [6, 6.07) is -0.147. The molecule has 0 bridgehead atoms. The molecular formula is C9H15ClN4O2. The summed E-state index contributed by atoms with van der Waals surface area (Å²) in [4.78, 5) is 11.5. The van der Waals surface area contributed by atoms with E-state index in [2.05, 4.69) is 20.8 Å². The smallest absolute Gasteiger partial charge is 0.316 e. The fourth-order valence-corrected chi connectivity index (χ4v) is 1.13. The van der Waals surface area contributed by atoms with E-state index in [4.69, 9.17) is 16.0 Å². The molecule has 0 fully saturated rings. The topological polar surface area (TPSA) is 80.0 Å². The Morgan fingerprint density at radius 1 is 1.44 bits per heavy atom. The number of aromatic nitrogens is 2. The largest absolute Gasteiger partial charge is 0.407 e. The summed E-state index contributed by atoms with van der Waals surface area (Å²) in [5.74, 6) is 0.350. The number of hydrogen-bond acceptors (Lipinski definition) is 5. The lowest BCUT2D eigenvalue weighted by Gasteiger charge is -2.14. The third kappa shape index (κ3) is 3.69. The molecule has 16 heavy (non-hydrogen) atoms. The van der Waals surface area contributed by atoms with Gasteiger partial charge in [-0.2, -0.15) is 0 Å². The number of rotatable bonds is 5. The molecule has 7 heteroatoms. The van der Waals surface area contributed by atoms with E-state index in [1.54, 1.807) is 6.92 Å². The van der Waals surface area contributed by atoms with E-state index >= 15 is 0 Å². The summed E-state index contributed by atoms with van der Waals surface area (Å²) in [6.45, 7) is 5.49. The Kier molecular flexibility index (Phi) is 4.54. The molecule has 1 unspecified atom stereocenters. The van der Waals surface area contributed by atoms with Crippen molar-refractivity contribution in [3.05, 3.63) is 5.89 Å². The summed E-state index contributed by atoms with van der Waals surface area (Å²) in [5, 5.41) is 12.9. The third-order valence-electron chi connectivity index (χ3n) is 1.75. The van der Waals surface area contributed by atoms with Crippen LogP contribution in [0.4, 0.5) is 6.01 Å². The van der Waals surface area contributed by atoms with Crippen molar-refractivity contribution in [2.75, 3.05) is 5.32 Å². The molecule has 0 aliphatic heterocycles. The minimum Gasteiger partial charge on any atom is -0.407 e. The van der Waals surface area contributed by atoms with Gasteiger partial charge in [-0.05, 0) is 20.8 Å². The summed E-state index contributed by atoms with van der Waals surface area (Å²) in [6.07, 6.45) is 0. The molecule has 1 aromatic rings. The van der Waals surface area contributed by atoms with Crippen molar-refractivity contribution >= 4 is 23.5 Å². The Bertz CT molecular complexity index is 353. The monoisotopic (exact) mass is 246 g/mol. The number of carbonyl (C=O) groups excluding carboxylic acids is 1. The molecule has 0 radical (unpaired) electrons. The molecule has 0 aliphatic carbocycles. The van der Waals surface area contributed by atoms with Crippen LogP contribution in [0, 0.1) is 0 Å². The molecule has 0 saturated carbocycles. The predicted molar refractivity (Wildman–Crippen MR) is 60.2 cm³/mol. The Labute approximate surface area is 98.8 Å². The fourth-order valence-electron chi connectivity index (χ4n) is 1.03. The van der Waals surface area contributed by atoms with E-state index in [0.717, 1.165) is 0 Å². The molecule has 1 aromatic heterocycles. The number of nitrogens with one attached hydrogen (secondary N) is 2. The lowest BCUT2D eigenvalue weighted by molar-refractivity contribution is -0.122. The Hall–Kier alpha value is -1.30. The molecule has 0 aromatic carbocycles. The first-order valence-electron chi connectivity index (χ1n) is 4.98. The van der Waals surface area contributed by atoms with Crippen molar-refractivity contribution in [1.29, 1.82) is 0 Å². The number of alkyl halides is 1. The third-order valence-corrected chi connectivity index (χ3v) is 1.97. The molecule has 0 spiro atoms. The lowest BCUT2D eigenvalue weighted by Crippen LogP contribution is -2.41. The van der Waals surface area contributed by atoms with Crippen molar-refractivity contribution in [1.82, 2.24) is 15.5 Å². The molecule has 90 valence electrons. The fraction of sp³-hybridized carbons (Fsp3) is 0.667. The molecule has 1 heterocycles. The van der Waals surface area contributed by atoms with Gasteiger partial charge in [0.2, 0.25) is 11.8 Å². The van der Waals surface area contributed by atoms with Gasteiger partial charge in [-0.1, -0.05) is 5.10 Å². The van der Waals surface area contributed by atoms with Crippen molar-refractivity contribution < 1.29 is 9.21 Å². The zero-order chi connectivity index (χ0) is 12.1. The quantitative estimate of drug-likeness (QED) is 0.762. The molecule has 6 nitrogen and oxygen atoms in total. The molecule has 0 aliphatic rings. The average Bonchev–Trinajstić information content (AvgIpc) is 2.64. The highest BCUT2D eigenvalue weighted by atomic mass is 35.5. The highest BCUT2D eigenvalue weighted by molar-refractivity contribution is 6.16. The van der Waals surface area contributed by atoms with Gasteiger partial charge in [0.25, 0.3) is 0 Å². The molecule has 1 rings (SSSR count). The van der Waals surface area contributed by atoms with E-state index in [9.17, 15) is 4.79 Å². The summed E-state index contributed by atoms with van der Waals surface area (Å²) in [5.41, 5.74) is 0. The van der Waals surface area contributed by atoms with Crippen LogP contribution >= 0.6 is 11.6 Å². The Morgan fingerprint density at radius 2 is 2.12 bits per heavy atom. The second kappa shape index (κ2) is 5.69. The van der Waals surface area contributed by atoms with Crippen LogP contribution < -0.4 is 10.6 Å². The Balaban J connectivity index is 2.50. The van der Waals surface area contributed by atoms with Crippen molar-refractivity contribution in [3.63, 3.8) is 0 Å².